The maximum Gasteiger partial charge on any atom is 0.326 e. The Morgan fingerprint density at radius 3 is 2.65 bits per heavy atom. The molecule has 3 fully saturated rings. The quantitative estimate of drug-likeness (QED) is 0.458. The normalized spacial score (nSPS) is 24.2. The van der Waals surface area contributed by atoms with E-state index < -0.39 is 0 Å². The van der Waals surface area contributed by atoms with Gasteiger partial charge in [0.15, 0.2) is 17.7 Å². The number of urea groups is 1. The Bertz CT molecular complexity index is 1400. The van der Waals surface area contributed by atoms with Crippen molar-refractivity contribution in [1.82, 2.24) is 20.9 Å². The summed E-state index contributed by atoms with van der Waals surface area (Å²) in [6.45, 7) is 4.01. The number of likely N-dealkylation sites (tertiary alicyclic amines) is 1. The highest BCUT2D eigenvalue weighted by molar-refractivity contribution is 8.04. The summed E-state index contributed by atoms with van der Waals surface area (Å²) in [5.41, 5.74) is 2.45. The van der Waals surface area contributed by atoms with E-state index in [0.29, 0.717) is 40.9 Å². The van der Waals surface area contributed by atoms with Crippen LogP contribution in [0.5, 0.6) is 17.2 Å². The van der Waals surface area contributed by atoms with Crippen LogP contribution in [0.2, 0.25) is 0 Å². The molecule has 0 saturated carbocycles. The standard InChI is InChI=1S/C29H32N6O4S/c1-17-15-19(39-23-6-4-3-5-22(23)38-2)7-8-20(17)35-21-9-12-31-28-24(21)25(33-29(35)37)26(40-28)27(36)32-18-10-13-34(16-30)14-11-18/h3-8,15,18,21,24,28,31H,9-14H2,1-2H3,(H,32,36)(H,33,37). The number of nitriles is 1. The summed E-state index contributed by atoms with van der Waals surface area (Å²) >= 11 is 1.50. The van der Waals surface area contributed by atoms with E-state index in [1.165, 1.54) is 11.8 Å². The minimum absolute atomic E-state index is 0.00601. The number of carbonyl (C=O) groups is 2. The molecule has 6 rings (SSSR count). The first kappa shape index (κ1) is 26.3. The largest absolute Gasteiger partial charge is 0.493 e. The van der Waals surface area contributed by atoms with Gasteiger partial charge in [-0.3, -0.25) is 9.69 Å². The molecule has 3 saturated heterocycles. The smallest absolute Gasteiger partial charge is 0.326 e. The summed E-state index contributed by atoms with van der Waals surface area (Å²) in [5.74, 6) is 1.75. The van der Waals surface area contributed by atoms with Crippen molar-refractivity contribution in [2.24, 2.45) is 5.92 Å². The third-order valence-corrected chi connectivity index (χ3v) is 9.40. The molecule has 4 aliphatic heterocycles. The number of aryl methyl sites for hydroxylation is 1. The van der Waals surface area contributed by atoms with Gasteiger partial charge >= 0.3 is 6.03 Å². The highest BCUT2D eigenvalue weighted by atomic mass is 32.2. The van der Waals surface area contributed by atoms with Crippen molar-refractivity contribution in [2.75, 3.05) is 31.6 Å². The summed E-state index contributed by atoms with van der Waals surface area (Å²) < 4.78 is 11.5. The molecule has 10 nitrogen and oxygen atoms in total. The second-order valence-corrected chi connectivity index (χ2v) is 11.6. The van der Waals surface area contributed by atoms with Crippen LogP contribution in [0.4, 0.5) is 10.5 Å². The zero-order chi connectivity index (χ0) is 27.8. The molecule has 4 heterocycles. The third kappa shape index (κ3) is 4.82. The van der Waals surface area contributed by atoms with E-state index in [4.69, 9.17) is 14.7 Å². The number of carbonyl (C=O) groups excluding carboxylic acids is 2. The van der Waals surface area contributed by atoms with Crippen LogP contribution in [-0.4, -0.2) is 61.0 Å². The highest BCUT2D eigenvalue weighted by Gasteiger charge is 2.52. The molecule has 0 spiro atoms. The first-order valence-electron chi connectivity index (χ1n) is 13.6. The molecular weight excluding hydrogens is 528 g/mol. The number of piperidine rings is 2. The van der Waals surface area contributed by atoms with Crippen LogP contribution >= 0.6 is 11.8 Å². The zero-order valence-electron chi connectivity index (χ0n) is 22.5. The Balaban J connectivity index is 1.22. The van der Waals surface area contributed by atoms with E-state index in [-0.39, 0.29) is 35.3 Å². The maximum atomic E-state index is 13.6. The van der Waals surface area contributed by atoms with Crippen molar-refractivity contribution >= 4 is 29.4 Å². The first-order valence-corrected chi connectivity index (χ1v) is 14.5. The number of ether oxygens (including phenoxy) is 2. The van der Waals surface area contributed by atoms with Crippen LogP contribution in [0, 0.1) is 24.3 Å². The molecule has 11 heteroatoms. The van der Waals surface area contributed by atoms with Crippen molar-refractivity contribution < 1.29 is 19.1 Å². The minimum atomic E-state index is -0.228. The SMILES string of the molecule is COc1ccccc1Oc1ccc(N2C(=O)NC3=C(C(=O)NC4CCN(C#N)CC4)SC4NCCC2C34)c(C)c1. The van der Waals surface area contributed by atoms with Gasteiger partial charge in [0.2, 0.25) is 0 Å². The molecule has 0 radical (unpaired) electrons. The van der Waals surface area contributed by atoms with Gasteiger partial charge in [-0.15, -0.1) is 0 Å². The Labute approximate surface area is 237 Å². The Hall–Kier alpha value is -3.88. The van der Waals surface area contributed by atoms with Gasteiger partial charge in [0.05, 0.1) is 23.4 Å². The second kappa shape index (κ2) is 10.9. The molecule has 3 amide bonds. The number of anilines is 1. The fourth-order valence-corrected chi connectivity index (χ4v) is 7.47. The minimum Gasteiger partial charge on any atom is -0.493 e. The summed E-state index contributed by atoms with van der Waals surface area (Å²) in [6.07, 6.45) is 4.42. The third-order valence-electron chi connectivity index (χ3n) is 8.04. The lowest BCUT2D eigenvalue weighted by atomic mass is 9.86. The summed E-state index contributed by atoms with van der Waals surface area (Å²) in [5, 5.41) is 18.9. The van der Waals surface area contributed by atoms with E-state index in [1.807, 2.05) is 54.3 Å². The first-order chi connectivity index (χ1) is 19.5. The van der Waals surface area contributed by atoms with Gasteiger partial charge in [0, 0.05) is 36.4 Å². The number of hydrogen-bond acceptors (Lipinski definition) is 8. The predicted molar refractivity (Wildman–Crippen MR) is 152 cm³/mol. The number of benzene rings is 2. The monoisotopic (exact) mass is 560 g/mol. The molecule has 3 unspecified atom stereocenters. The van der Waals surface area contributed by atoms with Gasteiger partial charge in [-0.2, -0.15) is 5.26 Å². The van der Waals surface area contributed by atoms with E-state index >= 15 is 0 Å². The fraction of sp³-hybridized carbons (Fsp3) is 0.414. The number of nitrogens with one attached hydrogen (secondary N) is 3. The Morgan fingerprint density at radius 2 is 1.93 bits per heavy atom. The molecular formula is C29H32N6O4S. The molecule has 2 aromatic carbocycles. The molecule has 3 N–H and O–H groups in total. The molecule has 0 aliphatic carbocycles. The number of methoxy groups -OCH3 is 1. The molecule has 0 bridgehead atoms. The van der Waals surface area contributed by atoms with Crippen molar-refractivity contribution in [3.05, 3.63) is 58.6 Å². The summed E-state index contributed by atoms with van der Waals surface area (Å²) in [7, 11) is 1.61. The van der Waals surface area contributed by atoms with Crippen LogP contribution < -0.4 is 30.3 Å². The van der Waals surface area contributed by atoms with Crippen molar-refractivity contribution in [1.29, 1.82) is 5.26 Å². The number of para-hydroxylation sites is 2. The lowest BCUT2D eigenvalue weighted by Crippen LogP contribution is -2.62. The average molecular weight is 561 g/mol. The van der Waals surface area contributed by atoms with Crippen molar-refractivity contribution in [2.45, 2.75) is 43.6 Å². The van der Waals surface area contributed by atoms with Crippen molar-refractivity contribution in [3.8, 4) is 23.4 Å². The Morgan fingerprint density at radius 1 is 1.15 bits per heavy atom. The fourth-order valence-electron chi connectivity index (χ4n) is 6.07. The van der Waals surface area contributed by atoms with E-state index in [9.17, 15) is 9.59 Å². The number of nitrogens with zero attached hydrogens (tertiary/aromatic N) is 3. The molecule has 0 aromatic heterocycles. The van der Waals surface area contributed by atoms with Gasteiger partial charge < -0.3 is 30.3 Å². The molecule has 208 valence electrons. The molecule has 2 aromatic rings. The van der Waals surface area contributed by atoms with Gasteiger partial charge in [-0.1, -0.05) is 23.9 Å². The van der Waals surface area contributed by atoms with Crippen LogP contribution in [0.1, 0.15) is 24.8 Å². The summed E-state index contributed by atoms with van der Waals surface area (Å²) in [6, 6.07) is 12.9. The topological polar surface area (TPSA) is 119 Å². The zero-order valence-corrected chi connectivity index (χ0v) is 23.3. The number of rotatable bonds is 6. The molecule has 4 aliphatic rings. The van der Waals surface area contributed by atoms with Crippen LogP contribution in [-0.2, 0) is 4.79 Å². The van der Waals surface area contributed by atoms with Gasteiger partial charge in [0.25, 0.3) is 5.91 Å². The second-order valence-electron chi connectivity index (χ2n) is 10.5. The van der Waals surface area contributed by atoms with Crippen molar-refractivity contribution in [3.63, 3.8) is 0 Å². The number of amides is 3. The predicted octanol–water partition coefficient (Wildman–Crippen LogP) is 3.65. The lowest BCUT2D eigenvalue weighted by Gasteiger charge is -2.46. The molecule has 3 atom stereocenters. The van der Waals surface area contributed by atoms with Gasteiger partial charge in [-0.05, 0) is 68.6 Å². The van der Waals surface area contributed by atoms with E-state index in [1.54, 1.807) is 12.0 Å². The van der Waals surface area contributed by atoms with Crippen LogP contribution in [0.25, 0.3) is 0 Å². The van der Waals surface area contributed by atoms with Gasteiger partial charge in [-0.25, -0.2) is 4.79 Å². The Kier molecular flexibility index (Phi) is 7.21. The average Bonchev–Trinajstić information content (AvgIpc) is 3.34. The maximum absolute atomic E-state index is 13.6. The van der Waals surface area contributed by atoms with Crippen LogP contribution in [0.3, 0.4) is 0 Å². The summed E-state index contributed by atoms with van der Waals surface area (Å²) in [4.78, 5) is 31.1. The number of thioether (sulfide) groups is 1. The number of hydrogen-bond donors (Lipinski definition) is 3. The van der Waals surface area contributed by atoms with E-state index in [2.05, 4.69) is 22.1 Å². The highest BCUT2D eigenvalue weighted by Crippen LogP contribution is 2.48. The van der Waals surface area contributed by atoms with Crippen LogP contribution in [0.15, 0.2) is 53.1 Å². The van der Waals surface area contributed by atoms with Gasteiger partial charge in [0.1, 0.15) is 5.75 Å². The van der Waals surface area contributed by atoms with E-state index in [0.717, 1.165) is 37.1 Å². The lowest BCUT2D eigenvalue weighted by molar-refractivity contribution is -0.117. The molecule has 40 heavy (non-hydrogen) atoms.